The molecule has 0 aliphatic rings. The van der Waals surface area contributed by atoms with Crippen LogP contribution in [0.3, 0.4) is 0 Å². The largest absolute Gasteiger partial charge is 0.0622 e. The SMILES string of the molecule is C(=C\c1ccc2c3ccc(-c4ccccc4)cc3c3c4ccccc4c4ccccc4c3c2c1)/c1ccccc1. The summed E-state index contributed by atoms with van der Waals surface area (Å²) < 4.78 is 0. The highest BCUT2D eigenvalue weighted by molar-refractivity contribution is 6.39. The van der Waals surface area contributed by atoms with Crippen molar-refractivity contribution < 1.29 is 0 Å². The molecule has 8 aromatic carbocycles. The van der Waals surface area contributed by atoms with Crippen LogP contribution in [0.5, 0.6) is 0 Å². The second kappa shape index (κ2) is 9.22. The van der Waals surface area contributed by atoms with Gasteiger partial charge in [-0.05, 0) is 88.2 Å². The molecular formula is C40H26. The van der Waals surface area contributed by atoms with Crippen LogP contribution in [0, 0.1) is 0 Å². The Morgan fingerprint density at radius 3 is 1.40 bits per heavy atom. The molecular weight excluding hydrogens is 480 g/mol. The van der Waals surface area contributed by atoms with E-state index in [0.29, 0.717) is 0 Å². The lowest BCUT2D eigenvalue weighted by atomic mass is 9.86. The standard InChI is InChI=1S/C40H26/c1-3-11-27(12-4-1)19-20-28-21-23-33-34-24-22-30(29-13-5-2-6-14-29)26-38(34)40-36-18-10-8-16-32(36)31-15-7-9-17-35(31)39(40)37(33)25-28/h1-26H/b20-19+. The van der Waals surface area contributed by atoms with Crippen LogP contribution in [-0.4, -0.2) is 0 Å². The van der Waals surface area contributed by atoms with Gasteiger partial charge in [0, 0.05) is 0 Å². The minimum absolute atomic E-state index is 1.20. The van der Waals surface area contributed by atoms with Crippen LogP contribution in [0.25, 0.3) is 77.1 Å². The average Bonchev–Trinajstić information content (AvgIpc) is 3.04. The Kier molecular flexibility index (Phi) is 5.24. The summed E-state index contributed by atoms with van der Waals surface area (Å²) in [5, 5.41) is 13.1. The molecule has 0 saturated carbocycles. The smallest absolute Gasteiger partial charge is 0.00137 e. The minimum Gasteiger partial charge on any atom is -0.0622 e. The molecule has 0 atom stereocenters. The second-order valence-corrected chi connectivity index (χ2v) is 10.5. The van der Waals surface area contributed by atoms with Gasteiger partial charge in [0.25, 0.3) is 0 Å². The molecule has 0 N–H and O–H groups in total. The highest BCUT2D eigenvalue weighted by Crippen LogP contribution is 2.44. The lowest BCUT2D eigenvalue weighted by molar-refractivity contribution is 1.65. The maximum absolute atomic E-state index is 2.40. The Hall–Kier alpha value is -5.20. The monoisotopic (exact) mass is 506 g/mol. The van der Waals surface area contributed by atoms with Crippen molar-refractivity contribution in [2.75, 3.05) is 0 Å². The fraction of sp³-hybridized carbons (Fsp3) is 0. The summed E-state index contributed by atoms with van der Waals surface area (Å²) in [6.45, 7) is 0. The zero-order valence-corrected chi connectivity index (χ0v) is 22.0. The van der Waals surface area contributed by atoms with Gasteiger partial charge in [-0.3, -0.25) is 0 Å². The van der Waals surface area contributed by atoms with Gasteiger partial charge >= 0.3 is 0 Å². The molecule has 8 aromatic rings. The molecule has 0 amide bonds. The molecule has 0 heterocycles. The van der Waals surface area contributed by atoms with E-state index in [-0.39, 0.29) is 0 Å². The third-order valence-electron chi connectivity index (χ3n) is 8.20. The van der Waals surface area contributed by atoms with E-state index in [1.54, 1.807) is 0 Å². The molecule has 0 spiro atoms. The minimum atomic E-state index is 1.20. The van der Waals surface area contributed by atoms with E-state index in [1.807, 2.05) is 0 Å². The summed E-state index contributed by atoms with van der Waals surface area (Å²) in [4.78, 5) is 0. The molecule has 8 rings (SSSR count). The zero-order chi connectivity index (χ0) is 26.5. The first-order valence-corrected chi connectivity index (χ1v) is 13.9. The van der Waals surface area contributed by atoms with E-state index in [2.05, 4.69) is 158 Å². The Bertz CT molecular complexity index is 2240. The maximum atomic E-state index is 2.40. The van der Waals surface area contributed by atoms with E-state index < -0.39 is 0 Å². The van der Waals surface area contributed by atoms with Crippen molar-refractivity contribution >= 4 is 66.0 Å². The van der Waals surface area contributed by atoms with Crippen molar-refractivity contribution in [1.82, 2.24) is 0 Å². The molecule has 0 heteroatoms. The van der Waals surface area contributed by atoms with Gasteiger partial charge in [-0.15, -0.1) is 0 Å². The molecule has 0 fully saturated rings. The van der Waals surface area contributed by atoms with E-state index >= 15 is 0 Å². The lowest BCUT2D eigenvalue weighted by Crippen LogP contribution is -1.89. The molecule has 0 aliphatic carbocycles. The van der Waals surface area contributed by atoms with Crippen molar-refractivity contribution in [3.05, 3.63) is 157 Å². The van der Waals surface area contributed by atoms with Crippen LogP contribution >= 0.6 is 0 Å². The van der Waals surface area contributed by atoms with Crippen LogP contribution in [0.15, 0.2) is 146 Å². The van der Waals surface area contributed by atoms with Crippen LogP contribution in [0.2, 0.25) is 0 Å². The summed E-state index contributed by atoms with van der Waals surface area (Å²) in [5.74, 6) is 0. The molecule has 0 aliphatic heterocycles. The fourth-order valence-electron chi connectivity index (χ4n) is 6.36. The lowest BCUT2D eigenvalue weighted by Gasteiger charge is -2.17. The van der Waals surface area contributed by atoms with Crippen molar-refractivity contribution in [1.29, 1.82) is 0 Å². The van der Waals surface area contributed by atoms with Gasteiger partial charge in [-0.1, -0.05) is 146 Å². The molecule has 0 aromatic heterocycles. The summed E-state index contributed by atoms with van der Waals surface area (Å²) >= 11 is 0. The number of fused-ring (bicyclic) bond motifs is 11. The van der Waals surface area contributed by atoms with Crippen molar-refractivity contribution in [2.45, 2.75) is 0 Å². The first-order valence-electron chi connectivity index (χ1n) is 13.9. The van der Waals surface area contributed by atoms with Crippen molar-refractivity contribution in [3.8, 4) is 11.1 Å². The third-order valence-corrected chi connectivity index (χ3v) is 8.20. The quantitative estimate of drug-likeness (QED) is 0.165. The van der Waals surface area contributed by atoms with Crippen molar-refractivity contribution in [3.63, 3.8) is 0 Å². The van der Waals surface area contributed by atoms with E-state index in [4.69, 9.17) is 0 Å². The normalized spacial score (nSPS) is 11.9. The van der Waals surface area contributed by atoms with Crippen LogP contribution in [0.4, 0.5) is 0 Å². The number of hydrogen-bond acceptors (Lipinski definition) is 0. The number of rotatable bonds is 3. The molecule has 0 saturated heterocycles. The van der Waals surface area contributed by atoms with Gasteiger partial charge in [-0.2, -0.15) is 0 Å². The van der Waals surface area contributed by atoms with Gasteiger partial charge in [0.05, 0.1) is 0 Å². The van der Waals surface area contributed by atoms with E-state index in [9.17, 15) is 0 Å². The second-order valence-electron chi connectivity index (χ2n) is 10.5. The zero-order valence-electron chi connectivity index (χ0n) is 22.0. The number of hydrogen-bond donors (Lipinski definition) is 0. The van der Waals surface area contributed by atoms with Crippen molar-refractivity contribution in [2.24, 2.45) is 0 Å². The third kappa shape index (κ3) is 3.61. The Labute approximate surface area is 233 Å². The molecule has 0 radical (unpaired) electrons. The molecule has 0 unspecified atom stereocenters. The molecule has 0 nitrogen and oxygen atoms in total. The summed E-state index contributed by atoms with van der Waals surface area (Å²) in [6, 6.07) is 53.0. The fourth-order valence-corrected chi connectivity index (χ4v) is 6.36. The maximum Gasteiger partial charge on any atom is -0.00137 e. The number of benzene rings is 8. The molecule has 186 valence electrons. The van der Waals surface area contributed by atoms with Gasteiger partial charge in [-0.25, -0.2) is 0 Å². The summed E-state index contributed by atoms with van der Waals surface area (Å²) in [5.41, 5.74) is 4.89. The Morgan fingerprint density at radius 2 is 0.750 bits per heavy atom. The van der Waals surface area contributed by atoms with Gasteiger partial charge < -0.3 is 0 Å². The van der Waals surface area contributed by atoms with Crippen LogP contribution < -0.4 is 0 Å². The molecule has 40 heavy (non-hydrogen) atoms. The molecule has 0 bridgehead atoms. The predicted octanol–water partition coefficient (Wildman–Crippen LogP) is 11.3. The summed E-state index contributed by atoms with van der Waals surface area (Å²) in [7, 11) is 0. The van der Waals surface area contributed by atoms with E-state index in [0.717, 1.165) is 0 Å². The predicted molar refractivity (Wildman–Crippen MR) is 175 cm³/mol. The highest BCUT2D eigenvalue weighted by Gasteiger charge is 2.16. The van der Waals surface area contributed by atoms with E-state index in [1.165, 1.54) is 76.1 Å². The average molecular weight is 507 g/mol. The van der Waals surface area contributed by atoms with Crippen LogP contribution in [0.1, 0.15) is 11.1 Å². The van der Waals surface area contributed by atoms with Crippen LogP contribution in [-0.2, 0) is 0 Å². The first-order chi connectivity index (χ1) is 19.8. The Morgan fingerprint density at radius 1 is 0.275 bits per heavy atom. The first kappa shape index (κ1) is 22.8. The topological polar surface area (TPSA) is 0 Å². The highest BCUT2D eigenvalue weighted by atomic mass is 14.2. The van der Waals surface area contributed by atoms with Gasteiger partial charge in [0.15, 0.2) is 0 Å². The Balaban J connectivity index is 1.54. The van der Waals surface area contributed by atoms with Gasteiger partial charge in [0.1, 0.15) is 0 Å². The van der Waals surface area contributed by atoms with Gasteiger partial charge in [0.2, 0.25) is 0 Å². The summed E-state index contributed by atoms with van der Waals surface area (Å²) in [6.07, 6.45) is 4.43.